The molecule has 0 aromatic carbocycles. The molecule has 2 aromatic heterocycles. The first-order valence-electron chi connectivity index (χ1n) is 5.49. The van der Waals surface area contributed by atoms with E-state index < -0.39 is 0 Å². The van der Waals surface area contributed by atoms with Crippen molar-refractivity contribution in [2.24, 2.45) is 0 Å². The molecule has 88 valence electrons. The molecule has 3 rings (SSSR count). The summed E-state index contributed by atoms with van der Waals surface area (Å²) < 4.78 is 0. The molecule has 5 nitrogen and oxygen atoms in total. The number of anilines is 3. The van der Waals surface area contributed by atoms with Crippen molar-refractivity contribution < 1.29 is 0 Å². The van der Waals surface area contributed by atoms with Gasteiger partial charge in [0.05, 0.1) is 10.7 Å². The van der Waals surface area contributed by atoms with Gasteiger partial charge in [0.25, 0.3) is 0 Å². The number of thiophene rings is 1. The van der Waals surface area contributed by atoms with Crippen LogP contribution in [0.1, 0.15) is 11.3 Å². The Morgan fingerprint density at radius 3 is 3.18 bits per heavy atom. The van der Waals surface area contributed by atoms with Crippen molar-refractivity contribution in [3.8, 4) is 0 Å². The molecule has 0 bridgehead atoms. The number of fused-ring (bicyclic) bond motifs is 1. The van der Waals surface area contributed by atoms with Crippen LogP contribution in [0, 0.1) is 0 Å². The monoisotopic (exact) mass is 247 g/mol. The van der Waals surface area contributed by atoms with E-state index in [1.807, 2.05) is 17.5 Å². The third-order valence-electron chi connectivity index (χ3n) is 2.71. The van der Waals surface area contributed by atoms with Crippen LogP contribution in [0.2, 0.25) is 0 Å². The summed E-state index contributed by atoms with van der Waals surface area (Å²) in [5.41, 5.74) is 7.91. The van der Waals surface area contributed by atoms with Crippen molar-refractivity contribution in [1.29, 1.82) is 0 Å². The minimum absolute atomic E-state index is 0.338. The predicted molar refractivity (Wildman–Crippen MR) is 69.5 cm³/mol. The normalized spacial score (nSPS) is 14.4. The number of nitrogens with zero attached hydrogens (tertiary/aromatic N) is 2. The lowest BCUT2D eigenvalue weighted by Crippen LogP contribution is -2.26. The van der Waals surface area contributed by atoms with E-state index in [2.05, 4.69) is 20.6 Å². The average molecular weight is 247 g/mol. The Bertz CT molecular complexity index is 523. The van der Waals surface area contributed by atoms with Crippen molar-refractivity contribution in [2.75, 3.05) is 17.6 Å². The van der Waals surface area contributed by atoms with Crippen LogP contribution in [0.3, 0.4) is 0 Å². The summed E-state index contributed by atoms with van der Waals surface area (Å²) in [4.78, 5) is 8.58. The van der Waals surface area contributed by atoms with Gasteiger partial charge < -0.3 is 16.4 Å². The molecule has 0 saturated carbocycles. The molecule has 4 N–H and O–H groups in total. The van der Waals surface area contributed by atoms with Gasteiger partial charge in [-0.15, -0.1) is 11.3 Å². The SMILES string of the molecule is Nc1nc2c(c(Nc3cccs3)n1)CNCC2. The van der Waals surface area contributed by atoms with Crippen LogP contribution in [0.5, 0.6) is 0 Å². The molecule has 2 aromatic rings. The highest BCUT2D eigenvalue weighted by Gasteiger charge is 2.16. The summed E-state index contributed by atoms with van der Waals surface area (Å²) in [6.07, 6.45) is 0.904. The molecule has 0 spiro atoms. The Morgan fingerprint density at radius 1 is 1.41 bits per heavy atom. The smallest absolute Gasteiger partial charge is 0.222 e. The van der Waals surface area contributed by atoms with Gasteiger partial charge in [0.2, 0.25) is 5.95 Å². The van der Waals surface area contributed by atoms with E-state index in [0.717, 1.165) is 41.6 Å². The van der Waals surface area contributed by atoms with Crippen molar-refractivity contribution in [3.63, 3.8) is 0 Å². The zero-order valence-electron chi connectivity index (χ0n) is 9.23. The summed E-state index contributed by atoms with van der Waals surface area (Å²) in [6.45, 7) is 1.74. The summed E-state index contributed by atoms with van der Waals surface area (Å²) >= 11 is 1.64. The van der Waals surface area contributed by atoms with Gasteiger partial charge >= 0.3 is 0 Å². The topological polar surface area (TPSA) is 75.9 Å². The van der Waals surface area contributed by atoms with Crippen molar-refractivity contribution in [1.82, 2.24) is 15.3 Å². The molecular formula is C11H13N5S. The van der Waals surface area contributed by atoms with E-state index in [4.69, 9.17) is 5.73 Å². The van der Waals surface area contributed by atoms with E-state index >= 15 is 0 Å². The molecule has 1 aliphatic heterocycles. The van der Waals surface area contributed by atoms with Gasteiger partial charge in [0.15, 0.2) is 0 Å². The first-order valence-corrected chi connectivity index (χ1v) is 6.37. The lowest BCUT2D eigenvalue weighted by atomic mass is 10.1. The van der Waals surface area contributed by atoms with Gasteiger partial charge in [-0.1, -0.05) is 0 Å². The predicted octanol–water partition coefficient (Wildman–Crippen LogP) is 1.51. The van der Waals surface area contributed by atoms with E-state index in [0.29, 0.717) is 5.95 Å². The van der Waals surface area contributed by atoms with Crippen LogP contribution < -0.4 is 16.4 Å². The first-order chi connectivity index (χ1) is 8.33. The second kappa shape index (κ2) is 4.31. The van der Waals surface area contributed by atoms with Crippen LogP contribution in [0.4, 0.5) is 16.8 Å². The molecule has 0 amide bonds. The van der Waals surface area contributed by atoms with Crippen molar-refractivity contribution in [2.45, 2.75) is 13.0 Å². The Morgan fingerprint density at radius 2 is 2.35 bits per heavy atom. The van der Waals surface area contributed by atoms with Crippen LogP contribution in [0.25, 0.3) is 0 Å². The zero-order chi connectivity index (χ0) is 11.7. The fraction of sp³-hybridized carbons (Fsp3) is 0.273. The van der Waals surface area contributed by atoms with Crippen LogP contribution in [0.15, 0.2) is 17.5 Å². The number of rotatable bonds is 2. The van der Waals surface area contributed by atoms with E-state index in [1.165, 1.54) is 0 Å². The third-order valence-corrected chi connectivity index (χ3v) is 3.50. The molecule has 0 atom stereocenters. The number of hydrogen-bond acceptors (Lipinski definition) is 6. The maximum Gasteiger partial charge on any atom is 0.222 e. The Balaban J connectivity index is 2.00. The second-order valence-corrected chi connectivity index (χ2v) is 4.83. The summed E-state index contributed by atoms with van der Waals surface area (Å²) in [5, 5.41) is 9.71. The standard InChI is InChI=1S/C11H13N5S/c12-11-14-8-3-4-13-6-7(8)10(16-11)15-9-2-1-5-17-9/h1-2,5,13H,3-4,6H2,(H3,12,14,15,16). The maximum atomic E-state index is 5.73. The molecular weight excluding hydrogens is 234 g/mol. The van der Waals surface area contributed by atoms with Gasteiger partial charge in [-0.25, -0.2) is 4.98 Å². The molecule has 0 fully saturated rings. The lowest BCUT2D eigenvalue weighted by molar-refractivity contribution is 0.629. The van der Waals surface area contributed by atoms with Gasteiger partial charge in [0.1, 0.15) is 5.82 Å². The minimum atomic E-state index is 0.338. The number of nitrogen functional groups attached to an aromatic ring is 1. The lowest BCUT2D eigenvalue weighted by Gasteiger charge is -2.19. The maximum absolute atomic E-state index is 5.73. The molecule has 0 radical (unpaired) electrons. The van der Waals surface area contributed by atoms with E-state index in [-0.39, 0.29) is 0 Å². The largest absolute Gasteiger partial charge is 0.368 e. The number of nitrogens with two attached hydrogens (primary N) is 1. The fourth-order valence-electron chi connectivity index (χ4n) is 1.93. The summed E-state index contributed by atoms with van der Waals surface area (Å²) in [5.74, 6) is 1.16. The molecule has 6 heteroatoms. The number of nitrogens with one attached hydrogen (secondary N) is 2. The quantitative estimate of drug-likeness (QED) is 0.750. The summed E-state index contributed by atoms with van der Waals surface area (Å²) in [6, 6.07) is 4.02. The third kappa shape index (κ3) is 2.09. The van der Waals surface area contributed by atoms with Crippen LogP contribution in [-0.2, 0) is 13.0 Å². The minimum Gasteiger partial charge on any atom is -0.368 e. The van der Waals surface area contributed by atoms with Crippen LogP contribution in [-0.4, -0.2) is 16.5 Å². The Kier molecular flexibility index (Phi) is 2.66. The van der Waals surface area contributed by atoms with Gasteiger partial charge in [-0.2, -0.15) is 4.98 Å². The van der Waals surface area contributed by atoms with Gasteiger partial charge in [0, 0.05) is 25.1 Å². The first kappa shape index (κ1) is 10.5. The molecule has 0 saturated heterocycles. The fourth-order valence-corrected chi connectivity index (χ4v) is 2.55. The van der Waals surface area contributed by atoms with E-state index in [9.17, 15) is 0 Å². The number of hydrogen-bond donors (Lipinski definition) is 3. The second-order valence-electron chi connectivity index (χ2n) is 3.88. The Hall–Kier alpha value is -1.66. The van der Waals surface area contributed by atoms with Crippen molar-refractivity contribution in [3.05, 3.63) is 28.8 Å². The summed E-state index contributed by atoms with van der Waals surface area (Å²) in [7, 11) is 0. The molecule has 17 heavy (non-hydrogen) atoms. The van der Waals surface area contributed by atoms with Crippen LogP contribution >= 0.6 is 11.3 Å². The highest BCUT2D eigenvalue weighted by molar-refractivity contribution is 7.14. The van der Waals surface area contributed by atoms with Crippen molar-refractivity contribution >= 4 is 28.1 Å². The van der Waals surface area contributed by atoms with Gasteiger partial charge in [-0.3, -0.25) is 0 Å². The molecule has 3 heterocycles. The zero-order valence-corrected chi connectivity index (χ0v) is 10.0. The molecule has 1 aliphatic rings. The Labute approximate surface area is 103 Å². The number of aromatic nitrogens is 2. The highest BCUT2D eigenvalue weighted by Crippen LogP contribution is 2.26. The highest BCUT2D eigenvalue weighted by atomic mass is 32.1. The average Bonchev–Trinajstić information content (AvgIpc) is 2.81. The van der Waals surface area contributed by atoms with Gasteiger partial charge in [-0.05, 0) is 17.5 Å². The van der Waals surface area contributed by atoms with E-state index in [1.54, 1.807) is 11.3 Å². The molecule has 0 unspecified atom stereocenters. The molecule has 0 aliphatic carbocycles.